The molecule has 0 amide bonds. The van der Waals surface area contributed by atoms with Gasteiger partial charge in [0.1, 0.15) is 5.75 Å². The molecule has 0 N–H and O–H groups in total. The summed E-state index contributed by atoms with van der Waals surface area (Å²) < 4.78 is 5.22. The maximum absolute atomic E-state index is 12.9. The second-order valence-corrected chi connectivity index (χ2v) is 5.88. The van der Waals surface area contributed by atoms with E-state index in [4.69, 9.17) is 16.3 Å². The number of benzene rings is 3. The lowest BCUT2D eigenvalue weighted by Crippen LogP contribution is -2.11. The van der Waals surface area contributed by atoms with Crippen LogP contribution in [-0.4, -0.2) is 18.7 Å². The minimum Gasteiger partial charge on any atom is -0.497 e. The van der Waals surface area contributed by atoms with Crippen molar-refractivity contribution in [2.24, 2.45) is 0 Å². The Morgan fingerprint density at radius 3 is 2.00 bits per heavy atom. The number of rotatable bonds is 5. The third kappa shape index (κ3) is 3.62. The van der Waals surface area contributed by atoms with Gasteiger partial charge in [0, 0.05) is 27.3 Å². The smallest absolute Gasteiger partial charge is 0.193 e. The fourth-order valence-corrected chi connectivity index (χ4v) is 2.66. The van der Waals surface area contributed by atoms with Crippen LogP contribution in [0.2, 0.25) is 5.02 Å². The largest absolute Gasteiger partial charge is 0.497 e. The van der Waals surface area contributed by atoms with Gasteiger partial charge in [-0.15, -0.1) is 0 Å². The molecule has 3 nitrogen and oxygen atoms in total. The van der Waals surface area contributed by atoms with Gasteiger partial charge in [-0.1, -0.05) is 41.9 Å². The summed E-state index contributed by atoms with van der Waals surface area (Å²) in [7, 11) is 1.52. The molecule has 0 unspecified atom stereocenters. The first-order chi connectivity index (χ1) is 12.1. The average molecular weight is 351 g/mol. The fraction of sp³-hybridized carbons (Fsp3) is 0.0476. The topological polar surface area (TPSA) is 43.4 Å². The number of methoxy groups -OCH3 is 1. The Morgan fingerprint density at radius 2 is 1.36 bits per heavy atom. The van der Waals surface area contributed by atoms with Gasteiger partial charge in [0.2, 0.25) is 0 Å². The van der Waals surface area contributed by atoms with Gasteiger partial charge < -0.3 is 4.74 Å². The highest BCUT2D eigenvalue weighted by atomic mass is 35.5. The van der Waals surface area contributed by atoms with Crippen LogP contribution >= 0.6 is 11.6 Å². The van der Waals surface area contributed by atoms with E-state index < -0.39 is 0 Å². The first kappa shape index (κ1) is 16.9. The van der Waals surface area contributed by atoms with Gasteiger partial charge in [0.05, 0.1) is 7.11 Å². The molecule has 124 valence electrons. The summed E-state index contributed by atoms with van der Waals surface area (Å²) >= 11 is 5.88. The highest BCUT2D eigenvalue weighted by Gasteiger charge is 2.20. The van der Waals surface area contributed by atoms with Crippen molar-refractivity contribution in [3.05, 3.63) is 100 Å². The normalized spacial score (nSPS) is 10.3. The van der Waals surface area contributed by atoms with Gasteiger partial charge in [-0.2, -0.15) is 0 Å². The lowest BCUT2D eigenvalue weighted by molar-refractivity contribution is 0.100. The van der Waals surface area contributed by atoms with Crippen molar-refractivity contribution in [1.29, 1.82) is 0 Å². The molecule has 3 aromatic rings. The van der Waals surface area contributed by atoms with Crippen molar-refractivity contribution in [3.8, 4) is 5.75 Å². The zero-order chi connectivity index (χ0) is 17.8. The Labute approximate surface area is 150 Å². The lowest BCUT2D eigenvalue weighted by atomic mass is 9.93. The Balaban J connectivity index is 2.09. The molecule has 0 aliphatic heterocycles. The molecule has 0 spiro atoms. The zero-order valence-electron chi connectivity index (χ0n) is 13.5. The van der Waals surface area contributed by atoms with Gasteiger partial charge >= 0.3 is 0 Å². The van der Waals surface area contributed by atoms with Crippen molar-refractivity contribution in [3.63, 3.8) is 0 Å². The van der Waals surface area contributed by atoms with Crippen molar-refractivity contribution in [2.75, 3.05) is 7.11 Å². The molecule has 3 rings (SSSR count). The number of ketones is 2. The zero-order valence-corrected chi connectivity index (χ0v) is 14.3. The Bertz CT molecular complexity index is 916. The van der Waals surface area contributed by atoms with E-state index in [2.05, 4.69) is 0 Å². The molecule has 0 aliphatic carbocycles. The van der Waals surface area contributed by atoms with E-state index in [1.54, 1.807) is 66.7 Å². The molecule has 0 aromatic heterocycles. The van der Waals surface area contributed by atoms with Gasteiger partial charge in [0.25, 0.3) is 0 Å². The van der Waals surface area contributed by atoms with Crippen LogP contribution in [0.5, 0.6) is 5.75 Å². The van der Waals surface area contributed by atoms with Crippen molar-refractivity contribution < 1.29 is 14.3 Å². The van der Waals surface area contributed by atoms with Crippen LogP contribution in [0.25, 0.3) is 0 Å². The standard InChI is InChI=1S/C21H15ClO3/c1-25-17-11-12-18(20(23)15-7-9-16(22)10-8-15)19(13-17)21(24)14-5-3-2-4-6-14/h2-13H,1H3. The third-order valence-electron chi connectivity index (χ3n) is 3.86. The summed E-state index contributed by atoms with van der Waals surface area (Å²) in [5.74, 6) is 0.0577. The second kappa shape index (κ2) is 7.32. The fourth-order valence-electron chi connectivity index (χ4n) is 2.54. The second-order valence-electron chi connectivity index (χ2n) is 5.44. The molecule has 0 saturated heterocycles. The minimum atomic E-state index is -0.237. The van der Waals surface area contributed by atoms with Crippen LogP contribution in [0.1, 0.15) is 31.8 Å². The quantitative estimate of drug-likeness (QED) is 0.620. The summed E-state index contributed by atoms with van der Waals surface area (Å²) in [5.41, 5.74) is 1.63. The summed E-state index contributed by atoms with van der Waals surface area (Å²) in [4.78, 5) is 25.8. The SMILES string of the molecule is COc1ccc(C(=O)c2ccc(Cl)cc2)c(C(=O)c2ccccc2)c1. The van der Waals surface area contributed by atoms with Gasteiger partial charge in [-0.05, 0) is 42.5 Å². The average Bonchev–Trinajstić information content (AvgIpc) is 2.67. The summed E-state index contributed by atoms with van der Waals surface area (Å²) in [6.45, 7) is 0. The van der Waals surface area contributed by atoms with Crippen LogP contribution in [-0.2, 0) is 0 Å². The molecule has 0 fully saturated rings. The summed E-state index contributed by atoms with van der Waals surface area (Å²) in [5, 5.41) is 0.548. The molecule has 3 aromatic carbocycles. The van der Waals surface area contributed by atoms with E-state index in [0.29, 0.717) is 33.0 Å². The van der Waals surface area contributed by atoms with Gasteiger partial charge in [-0.3, -0.25) is 9.59 Å². The van der Waals surface area contributed by atoms with E-state index in [1.807, 2.05) is 6.07 Å². The van der Waals surface area contributed by atoms with Crippen LogP contribution in [0.4, 0.5) is 0 Å². The molecular weight excluding hydrogens is 336 g/mol. The van der Waals surface area contributed by atoms with Crippen molar-refractivity contribution in [2.45, 2.75) is 0 Å². The predicted molar refractivity (Wildman–Crippen MR) is 97.8 cm³/mol. The minimum absolute atomic E-state index is 0.225. The number of halogens is 1. The molecule has 0 saturated carbocycles. The van der Waals surface area contributed by atoms with E-state index >= 15 is 0 Å². The predicted octanol–water partition coefficient (Wildman–Crippen LogP) is 4.81. The molecule has 25 heavy (non-hydrogen) atoms. The Hall–Kier alpha value is -2.91. The maximum atomic E-state index is 12.9. The van der Waals surface area contributed by atoms with Crippen LogP contribution in [0.15, 0.2) is 72.8 Å². The van der Waals surface area contributed by atoms with E-state index in [9.17, 15) is 9.59 Å². The van der Waals surface area contributed by atoms with Crippen LogP contribution in [0.3, 0.4) is 0 Å². The molecule has 0 atom stereocenters. The Kier molecular flexibility index (Phi) is 4.96. The lowest BCUT2D eigenvalue weighted by Gasteiger charge is -2.10. The number of carbonyl (C=O) groups excluding carboxylic acids is 2. The van der Waals surface area contributed by atoms with Crippen LogP contribution < -0.4 is 4.74 Å². The molecule has 0 aliphatic rings. The van der Waals surface area contributed by atoms with E-state index in [-0.39, 0.29) is 11.6 Å². The maximum Gasteiger partial charge on any atom is 0.193 e. The summed E-state index contributed by atoms with van der Waals surface area (Å²) in [6, 6.07) is 20.3. The molecule has 4 heteroatoms. The van der Waals surface area contributed by atoms with Crippen LogP contribution in [0, 0.1) is 0 Å². The highest BCUT2D eigenvalue weighted by Crippen LogP contribution is 2.24. The molecule has 0 heterocycles. The van der Waals surface area contributed by atoms with E-state index in [0.717, 1.165) is 0 Å². The Morgan fingerprint density at radius 1 is 0.760 bits per heavy atom. The number of hydrogen-bond donors (Lipinski definition) is 0. The summed E-state index contributed by atoms with van der Waals surface area (Å²) in [6.07, 6.45) is 0. The number of hydrogen-bond acceptors (Lipinski definition) is 3. The first-order valence-electron chi connectivity index (χ1n) is 7.68. The molecule has 0 radical (unpaired) electrons. The van der Waals surface area contributed by atoms with Gasteiger partial charge in [0.15, 0.2) is 11.6 Å². The monoisotopic (exact) mass is 350 g/mol. The molecule has 0 bridgehead atoms. The number of ether oxygens (including phenoxy) is 1. The van der Waals surface area contributed by atoms with Crippen molar-refractivity contribution >= 4 is 23.2 Å². The number of carbonyl (C=O) groups is 2. The van der Waals surface area contributed by atoms with Crippen molar-refractivity contribution in [1.82, 2.24) is 0 Å². The van der Waals surface area contributed by atoms with E-state index in [1.165, 1.54) is 7.11 Å². The first-order valence-corrected chi connectivity index (χ1v) is 8.06. The van der Waals surface area contributed by atoms with Gasteiger partial charge in [-0.25, -0.2) is 0 Å². The highest BCUT2D eigenvalue weighted by molar-refractivity contribution is 6.30. The third-order valence-corrected chi connectivity index (χ3v) is 4.11. The molecular formula is C21H15ClO3.